The Labute approximate surface area is 188 Å². The van der Waals surface area contributed by atoms with Crippen LogP contribution < -0.4 is 5.32 Å². The summed E-state index contributed by atoms with van der Waals surface area (Å²) in [5.74, 6) is 1.56. The summed E-state index contributed by atoms with van der Waals surface area (Å²) in [4.78, 5) is 19.3. The summed E-state index contributed by atoms with van der Waals surface area (Å²) in [6.45, 7) is 3.08. The highest BCUT2D eigenvalue weighted by molar-refractivity contribution is 5.86. The van der Waals surface area contributed by atoms with Gasteiger partial charge in [0.15, 0.2) is 0 Å². The molecule has 5 heteroatoms. The van der Waals surface area contributed by atoms with E-state index in [0.29, 0.717) is 12.5 Å². The number of rotatable bonds is 5. The minimum Gasteiger partial charge on any atom is -0.334 e. The molecule has 0 bridgehead atoms. The lowest BCUT2D eigenvalue weighted by Gasteiger charge is -2.32. The van der Waals surface area contributed by atoms with Gasteiger partial charge >= 0.3 is 6.03 Å². The zero-order valence-corrected chi connectivity index (χ0v) is 18.2. The molecule has 0 spiro atoms. The Morgan fingerprint density at radius 1 is 0.938 bits per heavy atom. The molecule has 1 aromatic heterocycles. The Kier molecular flexibility index (Phi) is 5.88. The second kappa shape index (κ2) is 9.27. The average molecular weight is 425 g/mol. The highest BCUT2D eigenvalue weighted by atomic mass is 16.2. The van der Waals surface area contributed by atoms with Gasteiger partial charge in [-0.1, -0.05) is 72.8 Å². The van der Waals surface area contributed by atoms with Crippen LogP contribution in [0.15, 0.2) is 85.2 Å². The molecule has 1 saturated heterocycles. The van der Waals surface area contributed by atoms with Crippen LogP contribution >= 0.6 is 0 Å². The standard InChI is InChI=1S/C27H28N4O/c32-27(29-19-24-11-6-10-22-7-4-5-12-25(22)24)30-16-13-21(14-17-30)20-31-18-15-28-26(31)23-8-2-1-3-9-23/h1-12,15,18,21H,13-14,16-17,19-20H2,(H,29,32). The van der Waals surface area contributed by atoms with E-state index in [2.05, 4.69) is 63.5 Å². The molecule has 0 radical (unpaired) electrons. The summed E-state index contributed by atoms with van der Waals surface area (Å²) < 4.78 is 2.25. The van der Waals surface area contributed by atoms with E-state index in [1.807, 2.05) is 41.4 Å². The Balaban J connectivity index is 1.15. The first-order valence-corrected chi connectivity index (χ1v) is 11.3. The molecular formula is C27H28N4O. The fourth-order valence-electron chi connectivity index (χ4n) is 4.63. The lowest BCUT2D eigenvalue weighted by atomic mass is 9.96. The van der Waals surface area contributed by atoms with Gasteiger partial charge in [-0.2, -0.15) is 0 Å². The highest BCUT2D eigenvalue weighted by Crippen LogP contribution is 2.24. The maximum Gasteiger partial charge on any atom is 0.317 e. The summed E-state index contributed by atoms with van der Waals surface area (Å²) in [6, 6.07) is 24.9. The van der Waals surface area contributed by atoms with Gasteiger partial charge in [0.25, 0.3) is 0 Å². The molecule has 0 aliphatic carbocycles. The van der Waals surface area contributed by atoms with Crippen molar-refractivity contribution in [1.82, 2.24) is 19.8 Å². The molecule has 0 saturated carbocycles. The molecule has 0 atom stereocenters. The number of nitrogens with zero attached hydrogens (tertiary/aromatic N) is 3. The van der Waals surface area contributed by atoms with Crippen LogP contribution in [0.25, 0.3) is 22.2 Å². The molecule has 4 aromatic rings. The molecule has 2 amide bonds. The molecule has 0 unspecified atom stereocenters. The maximum atomic E-state index is 12.8. The lowest BCUT2D eigenvalue weighted by Crippen LogP contribution is -2.44. The van der Waals surface area contributed by atoms with Gasteiger partial charge in [0.2, 0.25) is 0 Å². The number of hydrogen-bond donors (Lipinski definition) is 1. The maximum absolute atomic E-state index is 12.8. The monoisotopic (exact) mass is 424 g/mol. The Morgan fingerprint density at radius 3 is 2.53 bits per heavy atom. The minimum absolute atomic E-state index is 0.0315. The molecule has 162 valence electrons. The Morgan fingerprint density at radius 2 is 1.69 bits per heavy atom. The summed E-state index contributed by atoms with van der Waals surface area (Å²) in [7, 11) is 0. The molecule has 5 rings (SSSR count). The van der Waals surface area contributed by atoms with Gasteiger partial charge < -0.3 is 14.8 Å². The normalized spacial score (nSPS) is 14.6. The van der Waals surface area contributed by atoms with Crippen LogP contribution in [0, 0.1) is 5.92 Å². The molecule has 1 aliphatic heterocycles. The fraction of sp³-hybridized carbons (Fsp3) is 0.259. The van der Waals surface area contributed by atoms with Crippen LogP contribution in [0.2, 0.25) is 0 Å². The van der Waals surface area contributed by atoms with Gasteiger partial charge in [-0.3, -0.25) is 0 Å². The van der Waals surface area contributed by atoms with Crippen molar-refractivity contribution in [3.05, 3.63) is 90.8 Å². The Hall–Kier alpha value is -3.60. The number of hydrogen-bond acceptors (Lipinski definition) is 2. The second-order valence-electron chi connectivity index (χ2n) is 8.50. The number of carbonyl (C=O) groups is 1. The number of piperidine rings is 1. The first kappa shape index (κ1) is 20.3. The zero-order chi connectivity index (χ0) is 21.8. The zero-order valence-electron chi connectivity index (χ0n) is 18.2. The average Bonchev–Trinajstić information content (AvgIpc) is 3.31. The van der Waals surface area contributed by atoms with Crippen molar-refractivity contribution >= 4 is 16.8 Å². The lowest BCUT2D eigenvalue weighted by molar-refractivity contribution is 0.165. The van der Waals surface area contributed by atoms with Crippen LogP contribution in [0.3, 0.4) is 0 Å². The molecule has 5 nitrogen and oxygen atoms in total. The van der Waals surface area contributed by atoms with Crippen molar-refractivity contribution in [2.24, 2.45) is 5.92 Å². The fourth-order valence-corrected chi connectivity index (χ4v) is 4.63. The molecule has 1 N–H and O–H groups in total. The number of urea groups is 1. The van der Waals surface area contributed by atoms with E-state index in [1.165, 1.54) is 10.8 Å². The van der Waals surface area contributed by atoms with E-state index in [4.69, 9.17) is 0 Å². The van der Waals surface area contributed by atoms with Gasteiger partial charge in [0, 0.05) is 44.1 Å². The topological polar surface area (TPSA) is 50.2 Å². The second-order valence-corrected chi connectivity index (χ2v) is 8.50. The molecule has 2 heterocycles. The van der Waals surface area contributed by atoms with Gasteiger partial charge in [0.05, 0.1) is 0 Å². The third-order valence-electron chi connectivity index (χ3n) is 6.41. The van der Waals surface area contributed by atoms with Crippen LogP contribution in [-0.4, -0.2) is 33.6 Å². The summed E-state index contributed by atoms with van der Waals surface area (Å²) in [6.07, 6.45) is 5.95. The van der Waals surface area contributed by atoms with Gasteiger partial charge in [-0.15, -0.1) is 0 Å². The summed E-state index contributed by atoms with van der Waals surface area (Å²) >= 11 is 0. The van der Waals surface area contributed by atoms with E-state index in [-0.39, 0.29) is 6.03 Å². The predicted molar refractivity (Wildman–Crippen MR) is 128 cm³/mol. The van der Waals surface area contributed by atoms with E-state index in [0.717, 1.165) is 49.4 Å². The molecule has 3 aromatic carbocycles. The number of fused-ring (bicyclic) bond motifs is 1. The molecule has 1 aliphatic rings. The number of amides is 2. The summed E-state index contributed by atoms with van der Waals surface area (Å²) in [5, 5.41) is 5.52. The van der Waals surface area contributed by atoms with E-state index in [1.54, 1.807) is 0 Å². The number of carbonyl (C=O) groups excluding carboxylic acids is 1. The number of benzene rings is 3. The van der Waals surface area contributed by atoms with Crippen molar-refractivity contribution in [3.8, 4) is 11.4 Å². The first-order chi connectivity index (χ1) is 15.8. The number of imidazole rings is 1. The van der Waals surface area contributed by atoms with Crippen molar-refractivity contribution in [2.75, 3.05) is 13.1 Å². The Bertz CT molecular complexity index is 1190. The molecule has 1 fully saturated rings. The van der Waals surface area contributed by atoms with Gasteiger partial charge in [0.1, 0.15) is 5.82 Å². The molecule has 32 heavy (non-hydrogen) atoms. The van der Waals surface area contributed by atoms with Crippen molar-refractivity contribution in [3.63, 3.8) is 0 Å². The van der Waals surface area contributed by atoms with Gasteiger partial charge in [-0.05, 0) is 35.1 Å². The van der Waals surface area contributed by atoms with E-state index < -0.39 is 0 Å². The van der Waals surface area contributed by atoms with Crippen LogP contribution in [0.5, 0.6) is 0 Å². The smallest absolute Gasteiger partial charge is 0.317 e. The van der Waals surface area contributed by atoms with Crippen molar-refractivity contribution in [1.29, 1.82) is 0 Å². The first-order valence-electron chi connectivity index (χ1n) is 11.3. The number of aromatic nitrogens is 2. The van der Waals surface area contributed by atoms with E-state index >= 15 is 0 Å². The van der Waals surface area contributed by atoms with Crippen LogP contribution in [-0.2, 0) is 13.1 Å². The quantitative estimate of drug-likeness (QED) is 0.471. The van der Waals surface area contributed by atoms with Crippen molar-refractivity contribution in [2.45, 2.75) is 25.9 Å². The predicted octanol–water partition coefficient (Wildman–Crippen LogP) is 5.33. The largest absolute Gasteiger partial charge is 0.334 e. The molecular weight excluding hydrogens is 396 g/mol. The van der Waals surface area contributed by atoms with E-state index in [9.17, 15) is 4.79 Å². The SMILES string of the molecule is O=C(NCc1cccc2ccccc12)N1CCC(Cn2ccnc2-c2ccccc2)CC1. The third kappa shape index (κ3) is 4.37. The number of likely N-dealkylation sites (tertiary alicyclic amines) is 1. The summed E-state index contributed by atoms with van der Waals surface area (Å²) in [5.41, 5.74) is 2.29. The van der Waals surface area contributed by atoms with Crippen LogP contribution in [0.1, 0.15) is 18.4 Å². The number of nitrogens with one attached hydrogen (secondary N) is 1. The minimum atomic E-state index is 0.0315. The highest BCUT2D eigenvalue weighted by Gasteiger charge is 2.23. The van der Waals surface area contributed by atoms with Crippen molar-refractivity contribution < 1.29 is 4.79 Å². The van der Waals surface area contributed by atoms with Crippen LogP contribution in [0.4, 0.5) is 4.79 Å². The third-order valence-corrected chi connectivity index (χ3v) is 6.41. The van der Waals surface area contributed by atoms with Gasteiger partial charge in [-0.25, -0.2) is 9.78 Å².